The largest absolute Gasteiger partial charge is 0.467 e. The quantitative estimate of drug-likeness (QED) is 0.641. The number of esters is 1. The van der Waals surface area contributed by atoms with Crippen LogP contribution in [0, 0.1) is 5.92 Å². The Kier molecular flexibility index (Phi) is 5.75. The van der Waals surface area contributed by atoms with Gasteiger partial charge in [-0.2, -0.15) is 0 Å². The number of ether oxygens (including phenoxy) is 2. The Balaban J connectivity index is 2.44. The van der Waals surface area contributed by atoms with Gasteiger partial charge in [-0.05, 0) is 12.8 Å². The number of hydrogen-bond acceptors (Lipinski definition) is 5. The minimum atomic E-state index is -0.613. The molecule has 2 unspecified atom stereocenters. The minimum Gasteiger partial charge on any atom is -0.467 e. The van der Waals surface area contributed by atoms with Crippen LogP contribution in [-0.4, -0.2) is 50.3 Å². The molecule has 0 spiro atoms. The summed E-state index contributed by atoms with van der Waals surface area (Å²) in [5.41, 5.74) is -0.269. The van der Waals surface area contributed by atoms with Crippen LogP contribution in [0.3, 0.4) is 0 Å². The third-order valence-electron chi connectivity index (χ3n) is 3.53. The summed E-state index contributed by atoms with van der Waals surface area (Å²) < 4.78 is 10.2. The topological polar surface area (TPSA) is 76.7 Å². The van der Waals surface area contributed by atoms with E-state index in [4.69, 9.17) is 9.47 Å². The van der Waals surface area contributed by atoms with E-state index in [1.807, 2.05) is 20.8 Å². The van der Waals surface area contributed by atoms with Gasteiger partial charge in [-0.15, -0.1) is 0 Å². The molecule has 0 aromatic carbocycles. The lowest BCUT2D eigenvalue weighted by Gasteiger charge is -2.38. The van der Waals surface area contributed by atoms with Crippen molar-refractivity contribution in [1.82, 2.24) is 10.6 Å². The molecule has 0 saturated carbocycles. The average Bonchev–Trinajstić information content (AvgIpc) is 2.38. The van der Waals surface area contributed by atoms with Gasteiger partial charge in [-0.25, -0.2) is 4.79 Å². The van der Waals surface area contributed by atoms with Gasteiger partial charge in [0.05, 0.1) is 12.7 Å². The van der Waals surface area contributed by atoms with Crippen LogP contribution in [0.2, 0.25) is 0 Å². The number of rotatable bonds is 7. The Hall–Kier alpha value is -1.14. The smallest absolute Gasteiger partial charge is 0.328 e. The minimum absolute atomic E-state index is 0.0253. The van der Waals surface area contributed by atoms with E-state index in [0.717, 1.165) is 19.5 Å². The predicted octanol–water partition coefficient (Wildman–Crippen LogP) is 0.0688. The summed E-state index contributed by atoms with van der Waals surface area (Å²) in [4.78, 5) is 23.4. The fourth-order valence-corrected chi connectivity index (χ4v) is 1.83. The molecule has 1 aliphatic heterocycles. The molecule has 6 nitrogen and oxygen atoms in total. The SMILES string of the molecule is CCC(C)C(NC(=O)COC1(C)CNC1)C(=O)OC. The lowest BCUT2D eigenvalue weighted by atomic mass is 9.99. The maximum absolute atomic E-state index is 11.8. The van der Waals surface area contributed by atoms with Crippen LogP contribution in [0.4, 0.5) is 0 Å². The fourth-order valence-electron chi connectivity index (χ4n) is 1.83. The first-order valence-corrected chi connectivity index (χ1v) is 6.63. The van der Waals surface area contributed by atoms with Crippen LogP contribution in [0.15, 0.2) is 0 Å². The first-order chi connectivity index (χ1) is 8.91. The number of methoxy groups -OCH3 is 1. The Morgan fingerprint density at radius 1 is 1.42 bits per heavy atom. The summed E-state index contributed by atoms with van der Waals surface area (Å²) in [5, 5.41) is 5.77. The van der Waals surface area contributed by atoms with E-state index in [-0.39, 0.29) is 24.0 Å². The molecule has 6 heteroatoms. The van der Waals surface area contributed by atoms with Crippen molar-refractivity contribution in [2.45, 2.75) is 38.8 Å². The molecule has 0 aliphatic carbocycles. The van der Waals surface area contributed by atoms with E-state index in [9.17, 15) is 9.59 Å². The number of nitrogens with one attached hydrogen (secondary N) is 2. The zero-order valence-corrected chi connectivity index (χ0v) is 12.1. The van der Waals surface area contributed by atoms with Crippen LogP contribution in [-0.2, 0) is 19.1 Å². The molecule has 2 N–H and O–H groups in total. The van der Waals surface area contributed by atoms with Gasteiger partial charge in [0.2, 0.25) is 5.91 Å². The number of carbonyl (C=O) groups excluding carboxylic acids is 2. The maximum atomic E-state index is 11.8. The van der Waals surface area contributed by atoms with E-state index in [1.165, 1.54) is 7.11 Å². The Labute approximate surface area is 114 Å². The third kappa shape index (κ3) is 4.47. The number of hydrogen-bond donors (Lipinski definition) is 2. The van der Waals surface area contributed by atoms with Crippen molar-refractivity contribution in [1.29, 1.82) is 0 Å². The molecular weight excluding hydrogens is 248 g/mol. The second-order valence-electron chi connectivity index (χ2n) is 5.30. The van der Waals surface area contributed by atoms with Crippen molar-refractivity contribution in [3.63, 3.8) is 0 Å². The summed E-state index contributed by atoms with van der Waals surface area (Å²) in [6, 6.07) is -0.613. The van der Waals surface area contributed by atoms with E-state index in [2.05, 4.69) is 10.6 Å². The standard InChI is InChI=1S/C13H24N2O4/c1-5-9(2)11(12(17)18-4)15-10(16)6-19-13(3)7-14-8-13/h9,11,14H,5-8H2,1-4H3,(H,15,16). The van der Waals surface area contributed by atoms with Crippen molar-refractivity contribution in [3.8, 4) is 0 Å². The second-order valence-corrected chi connectivity index (χ2v) is 5.30. The molecule has 0 aromatic rings. The lowest BCUT2D eigenvalue weighted by molar-refractivity contribution is -0.149. The van der Waals surface area contributed by atoms with Gasteiger partial charge in [-0.3, -0.25) is 4.79 Å². The van der Waals surface area contributed by atoms with Gasteiger partial charge in [0.1, 0.15) is 12.6 Å². The Bertz CT molecular complexity index is 329. The van der Waals surface area contributed by atoms with Crippen LogP contribution < -0.4 is 10.6 Å². The molecule has 2 atom stereocenters. The number of amides is 1. The predicted molar refractivity (Wildman–Crippen MR) is 70.6 cm³/mol. The van der Waals surface area contributed by atoms with Crippen LogP contribution in [0.25, 0.3) is 0 Å². The van der Waals surface area contributed by atoms with Gasteiger partial charge in [0.25, 0.3) is 0 Å². The monoisotopic (exact) mass is 272 g/mol. The molecule has 19 heavy (non-hydrogen) atoms. The summed E-state index contributed by atoms with van der Waals surface area (Å²) in [5.74, 6) is -0.680. The molecule has 0 bridgehead atoms. The van der Waals surface area contributed by atoms with Crippen molar-refractivity contribution >= 4 is 11.9 Å². The first-order valence-electron chi connectivity index (χ1n) is 6.63. The zero-order chi connectivity index (χ0) is 14.5. The van der Waals surface area contributed by atoms with Crippen molar-refractivity contribution in [2.75, 3.05) is 26.8 Å². The summed E-state index contributed by atoms with van der Waals surface area (Å²) in [6.07, 6.45) is 0.780. The molecule has 1 fully saturated rings. The molecule has 110 valence electrons. The highest BCUT2D eigenvalue weighted by Gasteiger charge is 2.34. The van der Waals surface area contributed by atoms with Crippen molar-refractivity contribution in [3.05, 3.63) is 0 Å². The van der Waals surface area contributed by atoms with E-state index in [1.54, 1.807) is 0 Å². The van der Waals surface area contributed by atoms with Gasteiger partial charge in [0, 0.05) is 13.1 Å². The Morgan fingerprint density at radius 2 is 2.05 bits per heavy atom. The highest BCUT2D eigenvalue weighted by Crippen LogP contribution is 2.15. The van der Waals surface area contributed by atoms with Crippen LogP contribution >= 0.6 is 0 Å². The van der Waals surface area contributed by atoms with Crippen molar-refractivity contribution in [2.24, 2.45) is 5.92 Å². The lowest BCUT2D eigenvalue weighted by Crippen LogP contribution is -2.60. The number of carbonyl (C=O) groups is 2. The van der Waals surface area contributed by atoms with E-state index in [0.29, 0.717) is 0 Å². The second kappa shape index (κ2) is 6.86. The first kappa shape index (κ1) is 15.9. The van der Waals surface area contributed by atoms with Crippen LogP contribution in [0.1, 0.15) is 27.2 Å². The van der Waals surface area contributed by atoms with E-state index < -0.39 is 12.0 Å². The molecule has 0 radical (unpaired) electrons. The summed E-state index contributed by atoms with van der Waals surface area (Å²) in [7, 11) is 1.32. The van der Waals surface area contributed by atoms with Gasteiger partial charge < -0.3 is 20.1 Å². The Morgan fingerprint density at radius 3 is 2.47 bits per heavy atom. The zero-order valence-electron chi connectivity index (χ0n) is 12.1. The van der Waals surface area contributed by atoms with Crippen LogP contribution in [0.5, 0.6) is 0 Å². The third-order valence-corrected chi connectivity index (χ3v) is 3.53. The van der Waals surface area contributed by atoms with Crippen molar-refractivity contribution < 1.29 is 19.1 Å². The molecular formula is C13H24N2O4. The molecule has 1 rings (SSSR count). The molecule has 1 saturated heterocycles. The summed E-state index contributed by atoms with van der Waals surface area (Å²) >= 11 is 0. The highest BCUT2D eigenvalue weighted by molar-refractivity contribution is 5.85. The fraction of sp³-hybridized carbons (Fsp3) is 0.846. The highest BCUT2D eigenvalue weighted by atomic mass is 16.5. The molecule has 1 heterocycles. The van der Waals surface area contributed by atoms with Gasteiger partial charge in [-0.1, -0.05) is 20.3 Å². The average molecular weight is 272 g/mol. The summed E-state index contributed by atoms with van der Waals surface area (Å²) in [6.45, 7) is 7.26. The molecule has 1 amide bonds. The van der Waals surface area contributed by atoms with Gasteiger partial charge >= 0.3 is 5.97 Å². The normalized spacial score (nSPS) is 20.0. The molecule has 0 aromatic heterocycles. The van der Waals surface area contributed by atoms with Gasteiger partial charge in [0.15, 0.2) is 0 Å². The van der Waals surface area contributed by atoms with E-state index >= 15 is 0 Å². The maximum Gasteiger partial charge on any atom is 0.328 e. The molecule has 1 aliphatic rings.